The second-order valence-electron chi connectivity index (χ2n) is 6.31. The second-order valence-corrected chi connectivity index (χ2v) is 6.31. The Bertz CT molecular complexity index is 379. The third-order valence-electron chi connectivity index (χ3n) is 3.29. The molecule has 0 radical (unpaired) electrons. The molecule has 0 aliphatic rings. The lowest BCUT2D eigenvalue weighted by molar-refractivity contribution is 0.370. The lowest BCUT2D eigenvalue weighted by atomic mass is 10.0. The predicted octanol–water partition coefficient (Wildman–Crippen LogP) is 2.58. The van der Waals surface area contributed by atoms with Gasteiger partial charge in [-0.3, -0.25) is 0 Å². The van der Waals surface area contributed by atoms with Gasteiger partial charge in [-0.25, -0.2) is 0 Å². The average molecular weight is 254 g/mol. The minimum atomic E-state index is 0.0151. The third kappa shape index (κ3) is 3.98. The van der Waals surface area contributed by atoms with Crippen LogP contribution in [0.2, 0.25) is 0 Å². The van der Waals surface area contributed by atoms with Crippen molar-refractivity contribution in [2.24, 2.45) is 0 Å². The summed E-state index contributed by atoms with van der Waals surface area (Å²) in [5.41, 5.74) is 0.0600. The van der Waals surface area contributed by atoms with E-state index in [-0.39, 0.29) is 11.1 Å². The highest BCUT2D eigenvalue weighted by atomic mass is 16.4. The minimum Gasteiger partial charge on any atom is -0.407 e. The molecule has 1 N–H and O–H groups in total. The van der Waals surface area contributed by atoms with E-state index in [0.29, 0.717) is 18.5 Å². The van der Waals surface area contributed by atoms with Crippen LogP contribution in [-0.2, 0) is 6.54 Å². The maximum absolute atomic E-state index is 5.67. The molecule has 0 fully saturated rings. The third-order valence-corrected chi connectivity index (χ3v) is 3.29. The standard InChI is InChI=1S/C13H26N4O/c1-8-13(5,6)17(7)11-16-15-10(18-11)9-14-12(2,3)4/h14H,8-9H2,1-7H3. The van der Waals surface area contributed by atoms with E-state index < -0.39 is 0 Å². The van der Waals surface area contributed by atoms with Gasteiger partial charge in [-0.1, -0.05) is 12.0 Å². The van der Waals surface area contributed by atoms with Crippen LogP contribution in [0, 0.1) is 0 Å². The summed E-state index contributed by atoms with van der Waals surface area (Å²) < 4.78 is 5.67. The van der Waals surface area contributed by atoms with Gasteiger partial charge < -0.3 is 14.6 Å². The SMILES string of the molecule is CCC(C)(C)N(C)c1nnc(CNC(C)(C)C)o1. The number of nitrogens with one attached hydrogen (secondary N) is 1. The van der Waals surface area contributed by atoms with Crippen LogP contribution >= 0.6 is 0 Å². The first-order valence-electron chi connectivity index (χ1n) is 6.47. The fourth-order valence-corrected chi connectivity index (χ4v) is 1.29. The van der Waals surface area contributed by atoms with Crippen molar-refractivity contribution >= 4 is 6.01 Å². The summed E-state index contributed by atoms with van der Waals surface area (Å²) in [7, 11) is 1.98. The number of hydrogen-bond donors (Lipinski definition) is 1. The van der Waals surface area contributed by atoms with Crippen LogP contribution in [0.4, 0.5) is 6.01 Å². The summed E-state index contributed by atoms with van der Waals surface area (Å²) in [4.78, 5) is 2.03. The van der Waals surface area contributed by atoms with E-state index in [9.17, 15) is 0 Å². The molecule has 0 amide bonds. The number of rotatable bonds is 5. The summed E-state index contributed by atoms with van der Waals surface area (Å²) >= 11 is 0. The van der Waals surface area contributed by atoms with Gasteiger partial charge in [0.25, 0.3) is 0 Å². The summed E-state index contributed by atoms with van der Waals surface area (Å²) in [5, 5.41) is 11.5. The van der Waals surface area contributed by atoms with E-state index >= 15 is 0 Å². The normalized spacial score (nSPS) is 12.8. The molecule has 18 heavy (non-hydrogen) atoms. The molecule has 1 aromatic rings. The van der Waals surface area contributed by atoms with Gasteiger partial charge in [0.05, 0.1) is 6.54 Å². The molecule has 0 atom stereocenters. The van der Waals surface area contributed by atoms with Gasteiger partial charge in [0.2, 0.25) is 5.89 Å². The van der Waals surface area contributed by atoms with E-state index in [4.69, 9.17) is 4.42 Å². The molecular formula is C13H26N4O. The van der Waals surface area contributed by atoms with Gasteiger partial charge in [-0.05, 0) is 41.0 Å². The highest BCUT2D eigenvalue weighted by Gasteiger charge is 2.25. The van der Waals surface area contributed by atoms with Gasteiger partial charge >= 0.3 is 6.01 Å². The Morgan fingerprint density at radius 3 is 2.28 bits per heavy atom. The summed E-state index contributed by atoms with van der Waals surface area (Å²) in [6.07, 6.45) is 1.02. The number of anilines is 1. The summed E-state index contributed by atoms with van der Waals surface area (Å²) in [5.74, 6) is 0.624. The van der Waals surface area contributed by atoms with Crippen molar-refractivity contribution in [3.05, 3.63) is 5.89 Å². The molecule has 1 rings (SSSR count). The van der Waals surface area contributed by atoms with Crippen LogP contribution in [0.1, 0.15) is 53.9 Å². The number of nitrogens with zero attached hydrogens (tertiary/aromatic N) is 3. The molecule has 0 saturated heterocycles. The van der Waals surface area contributed by atoms with Gasteiger partial charge in [0.1, 0.15) is 0 Å². The zero-order valence-corrected chi connectivity index (χ0v) is 12.7. The first-order valence-corrected chi connectivity index (χ1v) is 6.47. The molecule has 5 heteroatoms. The molecule has 0 aromatic carbocycles. The molecule has 0 unspecified atom stereocenters. The van der Waals surface area contributed by atoms with Crippen molar-refractivity contribution in [2.75, 3.05) is 11.9 Å². The predicted molar refractivity (Wildman–Crippen MR) is 73.7 cm³/mol. The smallest absolute Gasteiger partial charge is 0.318 e. The van der Waals surface area contributed by atoms with Crippen LogP contribution in [0.5, 0.6) is 0 Å². The van der Waals surface area contributed by atoms with Crippen LogP contribution in [0.3, 0.4) is 0 Å². The fourth-order valence-electron chi connectivity index (χ4n) is 1.29. The molecule has 5 nitrogen and oxygen atoms in total. The molecule has 0 saturated carbocycles. The van der Waals surface area contributed by atoms with E-state index in [2.05, 4.69) is 57.1 Å². The Hall–Kier alpha value is -1.10. The first-order chi connectivity index (χ1) is 8.15. The number of aromatic nitrogens is 2. The summed E-state index contributed by atoms with van der Waals surface area (Å²) in [6, 6.07) is 0.576. The maximum Gasteiger partial charge on any atom is 0.318 e. The van der Waals surface area contributed by atoms with Crippen LogP contribution in [-0.4, -0.2) is 28.3 Å². The lowest BCUT2D eigenvalue weighted by Crippen LogP contribution is -2.40. The zero-order valence-electron chi connectivity index (χ0n) is 12.7. The van der Waals surface area contributed by atoms with E-state index in [1.807, 2.05) is 11.9 Å². The lowest BCUT2D eigenvalue weighted by Gasteiger charge is -2.33. The van der Waals surface area contributed by atoms with Gasteiger partial charge in [0, 0.05) is 18.1 Å². The Kier molecular flexibility index (Phi) is 4.37. The molecule has 104 valence electrons. The maximum atomic E-state index is 5.67. The molecule has 0 bridgehead atoms. The Balaban J connectivity index is 2.69. The highest BCUT2D eigenvalue weighted by molar-refractivity contribution is 5.27. The van der Waals surface area contributed by atoms with Crippen LogP contribution in [0.25, 0.3) is 0 Å². The Morgan fingerprint density at radius 2 is 1.78 bits per heavy atom. The zero-order chi connectivity index (χ0) is 14.0. The van der Waals surface area contributed by atoms with Crippen molar-refractivity contribution in [3.63, 3.8) is 0 Å². The Labute approximate surface area is 110 Å². The molecule has 0 aliphatic carbocycles. The van der Waals surface area contributed by atoms with E-state index in [1.165, 1.54) is 0 Å². The largest absolute Gasteiger partial charge is 0.407 e. The Morgan fingerprint density at radius 1 is 1.17 bits per heavy atom. The second kappa shape index (κ2) is 5.26. The topological polar surface area (TPSA) is 54.2 Å². The monoisotopic (exact) mass is 254 g/mol. The van der Waals surface area contributed by atoms with Crippen molar-refractivity contribution in [1.82, 2.24) is 15.5 Å². The minimum absolute atomic E-state index is 0.0151. The molecular weight excluding hydrogens is 228 g/mol. The highest BCUT2D eigenvalue weighted by Crippen LogP contribution is 2.23. The average Bonchev–Trinajstić information content (AvgIpc) is 2.73. The quantitative estimate of drug-likeness (QED) is 0.875. The van der Waals surface area contributed by atoms with Crippen LogP contribution in [0.15, 0.2) is 4.42 Å². The molecule has 0 spiro atoms. The van der Waals surface area contributed by atoms with E-state index in [0.717, 1.165) is 6.42 Å². The van der Waals surface area contributed by atoms with Crippen molar-refractivity contribution in [3.8, 4) is 0 Å². The van der Waals surface area contributed by atoms with Crippen molar-refractivity contribution in [2.45, 2.75) is 65.6 Å². The van der Waals surface area contributed by atoms with Gasteiger partial charge in [0.15, 0.2) is 0 Å². The van der Waals surface area contributed by atoms with E-state index in [1.54, 1.807) is 0 Å². The van der Waals surface area contributed by atoms with Crippen molar-refractivity contribution in [1.29, 1.82) is 0 Å². The first kappa shape index (κ1) is 15.0. The molecule has 1 aromatic heterocycles. The summed E-state index contributed by atoms with van der Waals surface area (Å²) in [6.45, 7) is 13.4. The van der Waals surface area contributed by atoms with Crippen LogP contribution < -0.4 is 10.2 Å². The molecule has 1 heterocycles. The molecule has 0 aliphatic heterocycles. The van der Waals surface area contributed by atoms with Crippen molar-refractivity contribution < 1.29 is 4.42 Å². The number of hydrogen-bond acceptors (Lipinski definition) is 5. The fraction of sp³-hybridized carbons (Fsp3) is 0.846. The van der Waals surface area contributed by atoms with Gasteiger partial charge in [-0.15, -0.1) is 5.10 Å². The van der Waals surface area contributed by atoms with Gasteiger partial charge in [-0.2, -0.15) is 0 Å².